The number of fused-ring (bicyclic) bond motifs is 2. The molecular weight excluding hydrogens is 388 g/mol. The number of para-hydroxylation sites is 1. The summed E-state index contributed by atoms with van der Waals surface area (Å²) in [5.74, 6) is -0.201. The summed E-state index contributed by atoms with van der Waals surface area (Å²) >= 11 is 2.93. The molecule has 0 radical (unpaired) electrons. The van der Waals surface area contributed by atoms with Crippen molar-refractivity contribution in [1.82, 2.24) is 15.0 Å². The van der Waals surface area contributed by atoms with Gasteiger partial charge in [0, 0.05) is 17.4 Å². The fourth-order valence-corrected chi connectivity index (χ4v) is 4.69. The van der Waals surface area contributed by atoms with E-state index in [2.05, 4.69) is 20.3 Å². The van der Waals surface area contributed by atoms with Crippen molar-refractivity contribution < 1.29 is 4.79 Å². The highest BCUT2D eigenvalue weighted by Gasteiger charge is 2.15. The van der Waals surface area contributed by atoms with E-state index in [9.17, 15) is 4.79 Å². The molecule has 136 valence electrons. The van der Waals surface area contributed by atoms with Gasteiger partial charge in [0.1, 0.15) is 15.4 Å². The third-order valence-corrected chi connectivity index (χ3v) is 6.45. The molecule has 0 fully saturated rings. The predicted molar refractivity (Wildman–Crippen MR) is 115 cm³/mol. The maximum absolute atomic E-state index is 12.7. The van der Waals surface area contributed by atoms with Crippen molar-refractivity contribution in [2.75, 3.05) is 5.32 Å². The minimum atomic E-state index is -0.201. The minimum absolute atomic E-state index is 0.201. The number of amides is 1. The zero-order chi connectivity index (χ0) is 19.1. The molecular formula is C21H14N4OS2. The minimum Gasteiger partial charge on any atom is -0.320 e. The van der Waals surface area contributed by atoms with Crippen LogP contribution in [0.1, 0.15) is 15.4 Å². The molecule has 1 amide bonds. The molecule has 0 atom stereocenters. The van der Waals surface area contributed by atoms with Gasteiger partial charge in [0.05, 0.1) is 10.2 Å². The first-order valence-electron chi connectivity index (χ1n) is 8.67. The molecule has 0 unspecified atom stereocenters. The Morgan fingerprint density at radius 2 is 1.82 bits per heavy atom. The van der Waals surface area contributed by atoms with Crippen LogP contribution in [0.2, 0.25) is 0 Å². The average molecular weight is 403 g/mol. The number of anilines is 1. The summed E-state index contributed by atoms with van der Waals surface area (Å²) in [5.41, 5.74) is 4.41. The second-order valence-electron chi connectivity index (χ2n) is 6.32. The summed E-state index contributed by atoms with van der Waals surface area (Å²) in [4.78, 5) is 27.1. The van der Waals surface area contributed by atoms with Crippen LogP contribution >= 0.6 is 22.7 Å². The highest BCUT2D eigenvalue weighted by Crippen LogP contribution is 2.32. The van der Waals surface area contributed by atoms with E-state index in [4.69, 9.17) is 0 Å². The van der Waals surface area contributed by atoms with Crippen molar-refractivity contribution in [3.8, 4) is 10.6 Å². The van der Waals surface area contributed by atoms with Gasteiger partial charge in [0.25, 0.3) is 5.91 Å². The van der Waals surface area contributed by atoms with Gasteiger partial charge < -0.3 is 5.32 Å². The number of carbonyl (C=O) groups is 1. The number of nitrogens with one attached hydrogen (secondary N) is 1. The van der Waals surface area contributed by atoms with Gasteiger partial charge in [-0.15, -0.1) is 11.3 Å². The van der Waals surface area contributed by atoms with Crippen LogP contribution in [0.25, 0.3) is 31.1 Å². The number of thiazole rings is 2. The summed E-state index contributed by atoms with van der Waals surface area (Å²) < 4.78 is 1.00. The van der Waals surface area contributed by atoms with Gasteiger partial charge in [-0.05, 0) is 42.8 Å². The second-order valence-corrected chi connectivity index (χ2v) is 8.33. The van der Waals surface area contributed by atoms with Crippen molar-refractivity contribution in [2.45, 2.75) is 6.92 Å². The summed E-state index contributed by atoms with van der Waals surface area (Å²) in [5, 5.41) is 4.33. The first-order chi connectivity index (χ1) is 13.7. The quantitative estimate of drug-likeness (QED) is 0.431. The summed E-state index contributed by atoms with van der Waals surface area (Å²) in [6.07, 6.45) is 1.77. The first kappa shape index (κ1) is 17.0. The molecule has 28 heavy (non-hydrogen) atoms. The Bertz CT molecular complexity index is 1270. The van der Waals surface area contributed by atoms with Crippen LogP contribution < -0.4 is 5.32 Å². The third-order valence-electron chi connectivity index (χ3n) is 4.39. The smallest absolute Gasteiger partial charge is 0.284 e. The van der Waals surface area contributed by atoms with E-state index in [1.54, 1.807) is 6.20 Å². The lowest BCUT2D eigenvalue weighted by molar-refractivity contribution is 0.102. The maximum atomic E-state index is 12.7. The molecule has 0 aliphatic carbocycles. The number of nitrogens with zero attached hydrogens (tertiary/aromatic N) is 3. The lowest BCUT2D eigenvalue weighted by Crippen LogP contribution is -2.12. The van der Waals surface area contributed by atoms with Crippen LogP contribution in [0.15, 0.2) is 60.8 Å². The molecule has 0 saturated heterocycles. The van der Waals surface area contributed by atoms with E-state index < -0.39 is 0 Å². The monoisotopic (exact) mass is 402 g/mol. The number of aromatic nitrogens is 3. The number of hydrogen-bond acceptors (Lipinski definition) is 6. The van der Waals surface area contributed by atoms with Crippen LogP contribution in [-0.4, -0.2) is 20.9 Å². The highest BCUT2D eigenvalue weighted by molar-refractivity contribution is 7.21. The average Bonchev–Trinajstić information content (AvgIpc) is 3.33. The zero-order valence-electron chi connectivity index (χ0n) is 14.8. The van der Waals surface area contributed by atoms with Crippen LogP contribution in [-0.2, 0) is 0 Å². The number of carbonyl (C=O) groups excluding carboxylic acids is 1. The lowest BCUT2D eigenvalue weighted by Gasteiger charge is -2.08. The predicted octanol–water partition coefficient (Wildman–Crippen LogP) is 5.53. The summed E-state index contributed by atoms with van der Waals surface area (Å²) in [6.45, 7) is 1.97. The molecule has 7 heteroatoms. The fraction of sp³-hybridized carbons (Fsp3) is 0.0476. The summed E-state index contributed by atoms with van der Waals surface area (Å²) in [6, 6.07) is 17.5. The Balaban J connectivity index is 1.47. The highest BCUT2D eigenvalue weighted by atomic mass is 32.1. The van der Waals surface area contributed by atoms with Gasteiger partial charge in [0.15, 0.2) is 5.01 Å². The molecule has 0 saturated carbocycles. The van der Waals surface area contributed by atoms with Crippen molar-refractivity contribution in [3.05, 3.63) is 71.4 Å². The van der Waals surface area contributed by atoms with E-state index >= 15 is 0 Å². The molecule has 3 heterocycles. The Hall–Kier alpha value is -3.16. The van der Waals surface area contributed by atoms with Crippen molar-refractivity contribution in [1.29, 1.82) is 0 Å². The largest absolute Gasteiger partial charge is 0.320 e. The van der Waals surface area contributed by atoms with E-state index in [1.165, 1.54) is 22.7 Å². The molecule has 2 aromatic carbocycles. The molecule has 0 spiro atoms. The summed E-state index contributed by atoms with van der Waals surface area (Å²) in [7, 11) is 0. The number of hydrogen-bond donors (Lipinski definition) is 1. The topological polar surface area (TPSA) is 67.8 Å². The van der Waals surface area contributed by atoms with Crippen LogP contribution in [0, 0.1) is 6.92 Å². The molecule has 1 N–H and O–H groups in total. The number of rotatable bonds is 3. The molecule has 5 rings (SSSR count). The Morgan fingerprint density at radius 1 is 0.964 bits per heavy atom. The Kier molecular flexibility index (Phi) is 4.11. The Labute approximate surface area is 168 Å². The van der Waals surface area contributed by atoms with Crippen LogP contribution in [0.3, 0.4) is 0 Å². The first-order valence-corrected chi connectivity index (χ1v) is 10.3. The lowest BCUT2D eigenvalue weighted by atomic mass is 10.1. The normalized spacial score (nSPS) is 11.2. The molecule has 3 aromatic heterocycles. The van der Waals surface area contributed by atoms with E-state index in [0.717, 1.165) is 42.4 Å². The van der Waals surface area contributed by atoms with Gasteiger partial charge in [-0.1, -0.05) is 35.6 Å². The molecule has 0 aliphatic rings. The molecule has 5 nitrogen and oxygen atoms in total. The molecule has 0 bridgehead atoms. The number of aryl methyl sites for hydroxylation is 1. The van der Waals surface area contributed by atoms with Crippen molar-refractivity contribution >= 4 is 54.8 Å². The third kappa shape index (κ3) is 3.04. The Morgan fingerprint density at radius 3 is 2.68 bits per heavy atom. The number of benzene rings is 2. The molecule has 5 aromatic rings. The molecule has 0 aliphatic heterocycles. The SMILES string of the molecule is Cc1ccc(-c2nc3cccnc3s2)cc1NC(=O)c1nc2ccccc2s1. The van der Waals surface area contributed by atoms with Crippen LogP contribution in [0.4, 0.5) is 5.69 Å². The van der Waals surface area contributed by atoms with Gasteiger partial charge in [-0.25, -0.2) is 15.0 Å². The van der Waals surface area contributed by atoms with E-state index in [0.29, 0.717) is 5.01 Å². The number of pyridine rings is 1. The maximum Gasteiger partial charge on any atom is 0.284 e. The second kappa shape index (κ2) is 6.78. The van der Waals surface area contributed by atoms with Gasteiger partial charge >= 0.3 is 0 Å². The van der Waals surface area contributed by atoms with E-state index in [-0.39, 0.29) is 5.91 Å². The van der Waals surface area contributed by atoms with E-state index in [1.807, 2.05) is 61.5 Å². The standard InChI is InChI=1S/C21H14N4OS2/c1-12-8-9-13(19-25-15-6-4-10-22-20(15)28-19)11-16(12)23-18(26)21-24-14-5-2-3-7-17(14)27-21/h2-11H,1H3,(H,23,26). The van der Waals surface area contributed by atoms with Gasteiger partial charge in [-0.2, -0.15) is 0 Å². The van der Waals surface area contributed by atoms with Crippen LogP contribution in [0.5, 0.6) is 0 Å². The van der Waals surface area contributed by atoms with Gasteiger partial charge in [0.2, 0.25) is 0 Å². The van der Waals surface area contributed by atoms with Gasteiger partial charge in [-0.3, -0.25) is 4.79 Å². The van der Waals surface area contributed by atoms with Crippen molar-refractivity contribution in [3.63, 3.8) is 0 Å². The fourth-order valence-electron chi connectivity index (χ4n) is 2.93. The zero-order valence-corrected chi connectivity index (χ0v) is 16.5. The van der Waals surface area contributed by atoms with Crippen molar-refractivity contribution in [2.24, 2.45) is 0 Å².